The SMILES string of the molecule is C.CC(C)(C)CC(C)(C)N. The maximum atomic E-state index is 5.82. The molecule has 0 spiro atoms. The van der Waals surface area contributed by atoms with Crippen molar-refractivity contribution >= 4 is 0 Å². The second-order valence-corrected chi connectivity index (χ2v) is 4.73. The summed E-state index contributed by atoms with van der Waals surface area (Å²) in [5.74, 6) is 0. The Bertz CT molecular complexity index is 69.9. The van der Waals surface area contributed by atoms with Crippen molar-refractivity contribution in [2.24, 2.45) is 11.1 Å². The zero-order chi connectivity index (χ0) is 7.71. The van der Waals surface area contributed by atoms with Crippen LogP contribution in [0.4, 0.5) is 0 Å². The van der Waals surface area contributed by atoms with Gasteiger partial charge in [-0.2, -0.15) is 0 Å². The van der Waals surface area contributed by atoms with Gasteiger partial charge in [-0.15, -0.1) is 0 Å². The summed E-state index contributed by atoms with van der Waals surface area (Å²) in [6.07, 6.45) is 1.07. The van der Waals surface area contributed by atoms with Crippen LogP contribution in [-0.2, 0) is 0 Å². The maximum absolute atomic E-state index is 5.82. The zero-order valence-corrected chi connectivity index (χ0v) is 7.28. The van der Waals surface area contributed by atoms with Crippen molar-refractivity contribution in [3.8, 4) is 0 Å². The van der Waals surface area contributed by atoms with Gasteiger partial charge in [-0.3, -0.25) is 0 Å². The van der Waals surface area contributed by atoms with Gasteiger partial charge in [0.1, 0.15) is 0 Å². The molecule has 0 atom stereocenters. The van der Waals surface area contributed by atoms with Crippen molar-refractivity contribution < 1.29 is 0 Å². The highest BCUT2D eigenvalue weighted by molar-refractivity contribution is 4.78. The Morgan fingerprint density at radius 2 is 1.30 bits per heavy atom. The molecular weight excluding hydrogens is 122 g/mol. The number of rotatable bonds is 1. The fourth-order valence-corrected chi connectivity index (χ4v) is 1.37. The Kier molecular flexibility index (Phi) is 4.27. The highest BCUT2D eigenvalue weighted by Gasteiger charge is 2.20. The van der Waals surface area contributed by atoms with Gasteiger partial charge in [0.25, 0.3) is 0 Å². The minimum absolute atomic E-state index is 0. The van der Waals surface area contributed by atoms with Crippen LogP contribution in [0.15, 0.2) is 0 Å². The first kappa shape index (κ1) is 12.6. The van der Waals surface area contributed by atoms with Crippen molar-refractivity contribution in [2.45, 2.75) is 54.0 Å². The molecule has 0 radical (unpaired) electrons. The molecule has 0 amide bonds. The van der Waals surface area contributed by atoms with Crippen molar-refractivity contribution in [1.29, 1.82) is 0 Å². The van der Waals surface area contributed by atoms with Crippen LogP contribution in [0.5, 0.6) is 0 Å². The topological polar surface area (TPSA) is 26.0 Å². The van der Waals surface area contributed by atoms with Gasteiger partial charge in [-0.25, -0.2) is 0 Å². The van der Waals surface area contributed by atoms with E-state index in [4.69, 9.17) is 5.73 Å². The first-order valence-electron chi connectivity index (χ1n) is 3.50. The van der Waals surface area contributed by atoms with Crippen molar-refractivity contribution in [2.75, 3.05) is 0 Å². The van der Waals surface area contributed by atoms with Crippen LogP contribution in [0.3, 0.4) is 0 Å². The fourth-order valence-electron chi connectivity index (χ4n) is 1.37. The minimum Gasteiger partial charge on any atom is -0.326 e. The molecule has 0 aliphatic carbocycles. The van der Waals surface area contributed by atoms with E-state index in [-0.39, 0.29) is 13.0 Å². The molecule has 2 N–H and O–H groups in total. The van der Waals surface area contributed by atoms with Gasteiger partial charge in [0.15, 0.2) is 0 Å². The summed E-state index contributed by atoms with van der Waals surface area (Å²) in [4.78, 5) is 0. The van der Waals surface area contributed by atoms with Gasteiger partial charge in [0.05, 0.1) is 0 Å². The highest BCUT2D eigenvalue weighted by atomic mass is 14.7. The second-order valence-electron chi connectivity index (χ2n) is 4.73. The molecule has 0 aliphatic rings. The maximum Gasteiger partial charge on any atom is 0.0102 e. The van der Waals surface area contributed by atoms with E-state index in [0.717, 1.165) is 6.42 Å². The third kappa shape index (κ3) is 10.9. The number of nitrogens with two attached hydrogens (primary N) is 1. The van der Waals surface area contributed by atoms with E-state index in [9.17, 15) is 0 Å². The van der Waals surface area contributed by atoms with E-state index >= 15 is 0 Å². The molecule has 0 aliphatic heterocycles. The highest BCUT2D eigenvalue weighted by Crippen LogP contribution is 2.24. The molecule has 64 valence electrons. The summed E-state index contributed by atoms with van der Waals surface area (Å²) in [6, 6.07) is 0. The van der Waals surface area contributed by atoms with E-state index in [1.165, 1.54) is 0 Å². The predicted molar refractivity (Wildman–Crippen MR) is 49.1 cm³/mol. The molecule has 0 heterocycles. The zero-order valence-electron chi connectivity index (χ0n) is 7.28. The quantitative estimate of drug-likeness (QED) is 0.603. The Balaban J connectivity index is 0. The molecule has 0 aromatic rings. The normalized spacial score (nSPS) is 12.6. The Hall–Kier alpha value is -0.0400. The first-order valence-corrected chi connectivity index (χ1v) is 3.50. The summed E-state index contributed by atoms with van der Waals surface area (Å²) in [5, 5.41) is 0. The molecule has 0 unspecified atom stereocenters. The van der Waals surface area contributed by atoms with Crippen molar-refractivity contribution in [3.63, 3.8) is 0 Å². The fraction of sp³-hybridized carbons (Fsp3) is 1.00. The van der Waals surface area contributed by atoms with E-state index in [1.807, 2.05) is 0 Å². The van der Waals surface area contributed by atoms with Gasteiger partial charge in [0.2, 0.25) is 0 Å². The van der Waals surface area contributed by atoms with Gasteiger partial charge in [0, 0.05) is 5.54 Å². The lowest BCUT2D eigenvalue weighted by Gasteiger charge is -2.28. The predicted octanol–water partition coefficient (Wildman–Crippen LogP) is 2.80. The molecule has 0 rings (SSSR count). The van der Waals surface area contributed by atoms with Crippen LogP contribution in [0.2, 0.25) is 0 Å². The molecule has 0 fully saturated rings. The van der Waals surface area contributed by atoms with E-state index in [1.54, 1.807) is 0 Å². The average Bonchev–Trinajstić information content (AvgIpc) is 1.14. The summed E-state index contributed by atoms with van der Waals surface area (Å²) in [5.41, 5.74) is 6.17. The molecule has 1 nitrogen and oxygen atoms in total. The average molecular weight is 145 g/mol. The standard InChI is InChI=1S/C8H19N.CH4/c1-7(2,3)6-8(4,5)9;/h6,9H2,1-5H3;1H4. The smallest absolute Gasteiger partial charge is 0.0102 e. The van der Waals surface area contributed by atoms with Crippen molar-refractivity contribution in [1.82, 2.24) is 0 Å². The molecule has 0 aromatic heterocycles. The largest absolute Gasteiger partial charge is 0.326 e. The minimum atomic E-state index is -0.0156. The monoisotopic (exact) mass is 145 g/mol. The summed E-state index contributed by atoms with van der Waals surface area (Å²) < 4.78 is 0. The van der Waals surface area contributed by atoms with Gasteiger partial charge < -0.3 is 5.73 Å². The van der Waals surface area contributed by atoms with E-state index < -0.39 is 0 Å². The van der Waals surface area contributed by atoms with Crippen LogP contribution >= 0.6 is 0 Å². The Morgan fingerprint density at radius 3 is 1.30 bits per heavy atom. The summed E-state index contributed by atoms with van der Waals surface area (Å²) in [7, 11) is 0. The molecule has 10 heavy (non-hydrogen) atoms. The third-order valence-electron chi connectivity index (χ3n) is 0.986. The molecular formula is C9H23N. The lowest BCUT2D eigenvalue weighted by atomic mass is 9.82. The summed E-state index contributed by atoms with van der Waals surface area (Å²) >= 11 is 0. The molecule has 0 aromatic carbocycles. The second kappa shape index (κ2) is 3.38. The van der Waals surface area contributed by atoms with E-state index in [0.29, 0.717) is 5.41 Å². The molecule has 0 saturated carbocycles. The lowest BCUT2D eigenvalue weighted by molar-refractivity contribution is 0.286. The number of hydrogen-bond acceptors (Lipinski definition) is 1. The number of hydrogen-bond donors (Lipinski definition) is 1. The van der Waals surface area contributed by atoms with Crippen LogP contribution in [0.25, 0.3) is 0 Å². The van der Waals surface area contributed by atoms with Crippen LogP contribution in [-0.4, -0.2) is 5.54 Å². The Morgan fingerprint density at radius 1 is 1.00 bits per heavy atom. The lowest BCUT2D eigenvalue weighted by Crippen LogP contribution is -2.36. The summed E-state index contributed by atoms with van der Waals surface area (Å²) in [6.45, 7) is 10.8. The van der Waals surface area contributed by atoms with Gasteiger partial charge in [-0.1, -0.05) is 28.2 Å². The van der Waals surface area contributed by atoms with Crippen LogP contribution < -0.4 is 5.73 Å². The van der Waals surface area contributed by atoms with E-state index in [2.05, 4.69) is 34.6 Å². The van der Waals surface area contributed by atoms with Crippen LogP contribution in [0.1, 0.15) is 48.5 Å². The van der Waals surface area contributed by atoms with Gasteiger partial charge >= 0.3 is 0 Å². The van der Waals surface area contributed by atoms with Crippen LogP contribution in [0, 0.1) is 5.41 Å². The molecule has 0 saturated heterocycles. The van der Waals surface area contributed by atoms with Crippen molar-refractivity contribution in [3.05, 3.63) is 0 Å². The molecule has 1 heteroatoms. The third-order valence-corrected chi connectivity index (χ3v) is 0.986. The first-order chi connectivity index (χ1) is 3.71. The molecule has 0 bridgehead atoms. The Labute approximate surface area is 66.0 Å². The van der Waals surface area contributed by atoms with Gasteiger partial charge in [-0.05, 0) is 25.7 Å².